The monoisotopic (exact) mass is 365 g/mol. The van der Waals surface area contributed by atoms with E-state index in [1.165, 1.54) is 14.0 Å². The first-order chi connectivity index (χ1) is 12.6. The lowest BCUT2D eigenvalue weighted by molar-refractivity contribution is -0.271. The Morgan fingerprint density at radius 1 is 1.38 bits per heavy atom. The summed E-state index contributed by atoms with van der Waals surface area (Å²) in [5.74, 6) is -0.265. The highest BCUT2D eigenvalue weighted by Gasteiger charge is 2.46. The van der Waals surface area contributed by atoms with Crippen LogP contribution in [-0.4, -0.2) is 62.0 Å². The van der Waals surface area contributed by atoms with E-state index in [0.717, 1.165) is 5.56 Å². The first-order valence-corrected chi connectivity index (χ1v) is 8.54. The summed E-state index contributed by atoms with van der Waals surface area (Å²) in [6.45, 7) is 5.80. The zero-order valence-corrected chi connectivity index (χ0v) is 15.2. The van der Waals surface area contributed by atoms with Crippen molar-refractivity contribution >= 4 is 5.91 Å². The fourth-order valence-electron chi connectivity index (χ4n) is 2.89. The fraction of sp³-hybridized carbons (Fsp3) is 0.526. The molecule has 1 aromatic rings. The van der Waals surface area contributed by atoms with Gasteiger partial charge >= 0.3 is 0 Å². The molecule has 2 rings (SSSR count). The van der Waals surface area contributed by atoms with E-state index in [1.54, 1.807) is 6.08 Å². The van der Waals surface area contributed by atoms with E-state index in [2.05, 4.69) is 11.9 Å². The van der Waals surface area contributed by atoms with Gasteiger partial charge in [0.15, 0.2) is 6.29 Å². The summed E-state index contributed by atoms with van der Waals surface area (Å²) in [6.07, 6.45) is -1.53. The molecule has 1 aliphatic heterocycles. The number of carbonyl (C=O) groups is 1. The van der Waals surface area contributed by atoms with Crippen molar-refractivity contribution < 1.29 is 28.8 Å². The predicted octanol–water partition coefficient (Wildman–Crippen LogP) is 1.01. The van der Waals surface area contributed by atoms with Crippen molar-refractivity contribution in [3.8, 4) is 0 Å². The summed E-state index contributed by atoms with van der Waals surface area (Å²) in [5, 5.41) is 13.4. The Bertz CT molecular complexity index is 566. The largest absolute Gasteiger partial charge is 0.388 e. The summed E-state index contributed by atoms with van der Waals surface area (Å²) < 4.78 is 22.5. The first kappa shape index (κ1) is 20.5. The lowest BCUT2D eigenvalue weighted by Gasteiger charge is -2.44. The maximum Gasteiger partial charge on any atom is 0.217 e. The van der Waals surface area contributed by atoms with E-state index < -0.39 is 30.6 Å². The van der Waals surface area contributed by atoms with Crippen molar-refractivity contribution in [2.75, 3.05) is 20.3 Å². The molecule has 0 unspecified atom stereocenters. The molecule has 0 aliphatic carbocycles. The minimum absolute atomic E-state index is 0.163. The van der Waals surface area contributed by atoms with Gasteiger partial charge in [-0.3, -0.25) is 4.79 Å². The Hall–Kier alpha value is -1.77. The van der Waals surface area contributed by atoms with Crippen LogP contribution < -0.4 is 5.32 Å². The maximum absolute atomic E-state index is 11.5. The third-order valence-corrected chi connectivity index (χ3v) is 4.08. The van der Waals surface area contributed by atoms with Crippen LogP contribution in [0.4, 0.5) is 0 Å². The smallest absolute Gasteiger partial charge is 0.217 e. The van der Waals surface area contributed by atoms with E-state index in [0.29, 0.717) is 6.61 Å². The Labute approximate surface area is 153 Å². The Morgan fingerprint density at radius 2 is 2.12 bits per heavy atom. The van der Waals surface area contributed by atoms with E-state index in [-0.39, 0.29) is 19.1 Å². The second kappa shape index (κ2) is 10.4. The normalized spacial score (nSPS) is 28.5. The molecule has 0 bridgehead atoms. The molecule has 0 saturated carbocycles. The van der Waals surface area contributed by atoms with E-state index in [1.807, 2.05) is 30.3 Å². The van der Waals surface area contributed by atoms with Gasteiger partial charge < -0.3 is 29.4 Å². The molecule has 1 fully saturated rings. The number of amides is 1. The highest BCUT2D eigenvalue weighted by molar-refractivity contribution is 5.73. The van der Waals surface area contributed by atoms with Crippen molar-refractivity contribution in [2.24, 2.45) is 0 Å². The molecule has 2 N–H and O–H groups in total. The lowest BCUT2D eigenvalue weighted by Crippen LogP contribution is -2.65. The van der Waals surface area contributed by atoms with Crippen molar-refractivity contribution in [2.45, 2.75) is 44.2 Å². The molecular weight excluding hydrogens is 338 g/mol. The van der Waals surface area contributed by atoms with Gasteiger partial charge in [0.05, 0.1) is 19.8 Å². The second-order valence-corrected chi connectivity index (χ2v) is 6.08. The minimum atomic E-state index is -0.992. The van der Waals surface area contributed by atoms with Crippen molar-refractivity contribution in [1.82, 2.24) is 5.32 Å². The number of hydrogen-bond donors (Lipinski definition) is 2. The molecule has 5 atom stereocenters. The quantitative estimate of drug-likeness (QED) is 0.635. The summed E-state index contributed by atoms with van der Waals surface area (Å²) in [6, 6.07) is 9.08. The van der Waals surface area contributed by atoms with Gasteiger partial charge in [-0.25, -0.2) is 0 Å². The van der Waals surface area contributed by atoms with E-state index >= 15 is 0 Å². The lowest BCUT2D eigenvalue weighted by atomic mass is 9.96. The van der Waals surface area contributed by atoms with Crippen LogP contribution in [-0.2, 0) is 30.3 Å². The molecule has 1 aliphatic rings. The number of ether oxygens (including phenoxy) is 4. The van der Waals surface area contributed by atoms with Gasteiger partial charge in [0, 0.05) is 14.0 Å². The Kier molecular flexibility index (Phi) is 8.21. The average molecular weight is 365 g/mol. The van der Waals surface area contributed by atoms with Gasteiger partial charge in [-0.1, -0.05) is 36.4 Å². The molecule has 26 heavy (non-hydrogen) atoms. The van der Waals surface area contributed by atoms with Crippen LogP contribution in [0.1, 0.15) is 12.5 Å². The first-order valence-electron chi connectivity index (χ1n) is 8.54. The predicted molar refractivity (Wildman–Crippen MR) is 95.3 cm³/mol. The molecule has 7 nitrogen and oxygen atoms in total. The van der Waals surface area contributed by atoms with Crippen LogP contribution in [0.5, 0.6) is 0 Å². The summed E-state index contributed by atoms with van der Waals surface area (Å²) >= 11 is 0. The number of aliphatic hydroxyl groups is 1. The van der Waals surface area contributed by atoms with Crippen LogP contribution in [0.25, 0.3) is 0 Å². The standard InChI is InChI=1S/C19H27NO6/c1-4-10-25-18-16(20-13(2)21)19(23-3)26-15(17(18)22)12-24-11-14-8-6-5-7-9-14/h4-9,15-19,22H,1,10-12H2,2-3H3,(H,20,21)/t15-,16-,17-,18-,19-/m1/s1. The van der Waals surface area contributed by atoms with Gasteiger partial charge in [0.25, 0.3) is 0 Å². The van der Waals surface area contributed by atoms with Crippen molar-refractivity contribution in [3.63, 3.8) is 0 Å². The zero-order valence-electron chi connectivity index (χ0n) is 15.2. The molecule has 1 heterocycles. The van der Waals surface area contributed by atoms with Crippen LogP contribution in [0.15, 0.2) is 43.0 Å². The van der Waals surface area contributed by atoms with Gasteiger partial charge in [-0.15, -0.1) is 6.58 Å². The zero-order chi connectivity index (χ0) is 18.9. The van der Waals surface area contributed by atoms with E-state index in [4.69, 9.17) is 18.9 Å². The molecule has 1 saturated heterocycles. The third kappa shape index (κ3) is 5.62. The summed E-state index contributed by atoms with van der Waals surface area (Å²) in [7, 11) is 1.48. The van der Waals surface area contributed by atoms with Crippen LogP contribution in [0, 0.1) is 0 Å². The second-order valence-electron chi connectivity index (χ2n) is 6.08. The molecule has 0 radical (unpaired) electrons. The van der Waals surface area contributed by atoms with Gasteiger partial charge in [0.2, 0.25) is 5.91 Å². The van der Waals surface area contributed by atoms with Crippen LogP contribution in [0.3, 0.4) is 0 Å². The highest BCUT2D eigenvalue weighted by atomic mass is 16.7. The van der Waals surface area contributed by atoms with Crippen molar-refractivity contribution in [3.05, 3.63) is 48.6 Å². The maximum atomic E-state index is 11.5. The molecule has 144 valence electrons. The number of carbonyl (C=O) groups excluding carboxylic acids is 1. The topological polar surface area (TPSA) is 86.2 Å². The highest BCUT2D eigenvalue weighted by Crippen LogP contribution is 2.25. The number of methoxy groups -OCH3 is 1. The Morgan fingerprint density at radius 3 is 2.73 bits per heavy atom. The molecule has 0 spiro atoms. The van der Waals surface area contributed by atoms with E-state index in [9.17, 15) is 9.90 Å². The number of benzene rings is 1. The van der Waals surface area contributed by atoms with Crippen LogP contribution >= 0.6 is 0 Å². The molecule has 7 heteroatoms. The molecule has 1 amide bonds. The van der Waals surface area contributed by atoms with Crippen LogP contribution in [0.2, 0.25) is 0 Å². The molecular formula is C19H27NO6. The molecule has 1 aromatic carbocycles. The Balaban J connectivity index is 2.02. The average Bonchev–Trinajstić information content (AvgIpc) is 2.63. The van der Waals surface area contributed by atoms with Gasteiger partial charge in [-0.2, -0.15) is 0 Å². The number of aliphatic hydroxyl groups excluding tert-OH is 1. The third-order valence-electron chi connectivity index (χ3n) is 4.08. The van der Waals surface area contributed by atoms with Gasteiger partial charge in [0.1, 0.15) is 24.4 Å². The fourth-order valence-corrected chi connectivity index (χ4v) is 2.89. The summed E-state index contributed by atoms with van der Waals surface area (Å²) in [4.78, 5) is 11.5. The number of hydrogen-bond acceptors (Lipinski definition) is 6. The van der Waals surface area contributed by atoms with Gasteiger partial charge in [-0.05, 0) is 5.56 Å². The number of rotatable bonds is 9. The SMILES string of the molecule is C=CCO[C@H]1[C@H](O)[C@@H](COCc2ccccc2)O[C@@H](OC)[C@@H]1NC(C)=O. The summed E-state index contributed by atoms with van der Waals surface area (Å²) in [5.41, 5.74) is 1.02. The minimum Gasteiger partial charge on any atom is -0.388 e. The number of nitrogens with one attached hydrogen (secondary N) is 1. The molecule has 0 aromatic heterocycles. The van der Waals surface area contributed by atoms with Crippen molar-refractivity contribution in [1.29, 1.82) is 0 Å².